The van der Waals surface area contributed by atoms with Gasteiger partial charge in [0.2, 0.25) is 0 Å². The average Bonchev–Trinajstić information content (AvgIpc) is 2.89. The number of para-hydroxylation sites is 1. The van der Waals surface area contributed by atoms with E-state index in [9.17, 15) is 8.42 Å². The molecular weight excluding hydrogens is 294 g/mol. The van der Waals surface area contributed by atoms with E-state index in [2.05, 4.69) is 21.5 Å². The molecule has 108 valence electrons. The lowest BCUT2D eigenvalue weighted by atomic mass is 10.2. The average molecular weight is 311 g/mol. The Morgan fingerprint density at radius 3 is 2.75 bits per heavy atom. The smallest absolute Gasteiger partial charge is 0.178 e. The highest BCUT2D eigenvalue weighted by atomic mass is 32.2. The molecule has 5 nitrogen and oxygen atoms in total. The number of likely N-dealkylation sites (tertiary alicyclic amines) is 1. The molecular formula is C13H17N3O2S2. The Morgan fingerprint density at radius 1 is 1.40 bits per heavy atom. The van der Waals surface area contributed by atoms with Crippen LogP contribution in [0.4, 0.5) is 0 Å². The van der Waals surface area contributed by atoms with Crippen LogP contribution in [0, 0.1) is 4.77 Å². The second-order valence-electron chi connectivity index (χ2n) is 5.43. The van der Waals surface area contributed by atoms with Gasteiger partial charge < -0.3 is 14.5 Å². The van der Waals surface area contributed by atoms with E-state index >= 15 is 0 Å². The summed E-state index contributed by atoms with van der Waals surface area (Å²) < 4.78 is 26.4. The van der Waals surface area contributed by atoms with Gasteiger partial charge in [-0.15, -0.1) is 0 Å². The molecule has 0 spiro atoms. The largest absolute Gasteiger partial charge is 0.329 e. The Kier molecular flexibility index (Phi) is 3.23. The maximum Gasteiger partial charge on any atom is 0.178 e. The topological polar surface area (TPSA) is 58.1 Å². The number of nitrogens with zero attached hydrogens (tertiary/aromatic N) is 2. The molecule has 2 heterocycles. The summed E-state index contributed by atoms with van der Waals surface area (Å²) in [5, 5.41) is 0. The van der Waals surface area contributed by atoms with Crippen molar-refractivity contribution in [2.24, 2.45) is 0 Å². The molecule has 1 saturated heterocycles. The van der Waals surface area contributed by atoms with Crippen LogP contribution in [0.5, 0.6) is 0 Å². The van der Waals surface area contributed by atoms with Gasteiger partial charge in [-0.05, 0) is 44.4 Å². The first kappa shape index (κ1) is 13.8. The third kappa shape index (κ3) is 2.19. The first-order chi connectivity index (χ1) is 9.38. The molecule has 1 N–H and O–H groups in total. The number of fused-ring (bicyclic) bond motifs is 1. The van der Waals surface area contributed by atoms with Crippen molar-refractivity contribution in [3.05, 3.63) is 23.0 Å². The molecule has 1 aliphatic heterocycles. The fraction of sp³-hybridized carbons (Fsp3) is 0.462. The highest BCUT2D eigenvalue weighted by Crippen LogP contribution is 2.29. The van der Waals surface area contributed by atoms with Crippen LogP contribution in [0.15, 0.2) is 23.1 Å². The third-order valence-corrected chi connectivity index (χ3v) is 5.28. The van der Waals surface area contributed by atoms with Gasteiger partial charge in [0.05, 0.1) is 22.0 Å². The summed E-state index contributed by atoms with van der Waals surface area (Å²) in [7, 11) is -1.18. The molecule has 2 aromatic rings. The molecule has 1 aromatic heterocycles. The van der Waals surface area contributed by atoms with Crippen molar-refractivity contribution < 1.29 is 8.42 Å². The van der Waals surface area contributed by atoms with Gasteiger partial charge in [-0.2, -0.15) is 0 Å². The number of benzene rings is 1. The van der Waals surface area contributed by atoms with E-state index in [0.717, 1.165) is 25.0 Å². The summed E-state index contributed by atoms with van der Waals surface area (Å²) in [6, 6.07) is 5.62. The van der Waals surface area contributed by atoms with Crippen molar-refractivity contribution in [1.29, 1.82) is 0 Å². The van der Waals surface area contributed by atoms with Crippen LogP contribution < -0.4 is 0 Å². The highest BCUT2D eigenvalue weighted by Gasteiger charge is 2.24. The van der Waals surface area contributed by atoms with Gasteiger partial charge in [0.25, 0.3) is 0 Å². The number of aromatic amines is 1. The molecule has 1 atom stereocenters. The Balaban J connectivity index is 2.25. The van der Waals surface area contributed by atoms with Crippen molar-refractivity contribution in [1.82, 2.24) is 14.5 Å². The molecule has 1 fully saturated rings. The first-order valence-electron chi connectivity index (χ1n) is 6.50. The lowest BCUT2D eigenvalue weighted by molar-refractivity contribution is 0.394. The molecule has 3 rings (SSSR count). The molecule has 0 amide bonds. The molecule has 0 radical (unpaired) electrons. The van der Waals surface area contributed by atoms with Crippen molar-refractivity contribution in [2.45, 2.75) is 17.4 Å². The normalized spacial score (nSPS) is 20.8. The second kappa shape index (κ2) is 4.68. The fourth-order valence-electron chi connectivity index (χ4n) is 2.92. The summed E-state index contributed by atoms with van der Waals surface area (Å²) >= 11 is 5.40. The van der Waals surface area contributed by atoms with Gasteiger partial charge in [0.1, 0.15) is 0 Å². The Morgan fingerprint density at radius 2 is 2.15 bits per heavy atom. The second-order valence-corrected chi connectivity index (χ2v) is 7.80. The van der Waals surface area contributed by atoms with Gasteiger partial charge in [0, 0.05) is 12.8 Å². The van der Waals surface area contributed by atoms with Crippen molar-refractivity contribution in [3.63, 3.8) is 0 Å². The number of sulfone groups is 1. The SMILES string of the molecule is CN1CCC(n2c(=S)[nH]c3c(S(C)(=O)=O)cccc32)C1. The van der Waals surface area contributed by atoms with Crippen molar-refractivity contribution in [2.75, 3.05) is 26.4 Å². The number of nitrogens with one attached hydrogen (secondary N) is 1. The maximum absolute atomic E-state index is 11.9. The summed E-state index contributed by atoms with van der Waals surface area (Å²) in [5.74, 6) is 0. The van der Waals surface area contributed by atoms with Crippen LogP contribution in [0.1, 0.15) is 12.5 Å². The van der Waals surface area contributed by atoms with E-state index in [4.69, 9.17) is 12.2 Å². The minimum atomic E-state index is -3.27. The predicted octanol–water partition coefficient (Wildman–Crippen LogP) is 1.98. The van der Waals surface area contributed by atoms with Crippen molar-refractivity contribution in [3.8, 4) is 0 Å². The van der Waals surface area contributed by atoms with E-state index in [-0.39, 0.29) is 0 Å². The highest BCUT2D eigenvalue weighted by molar-refractivity contribution is 7.91. The lowest BCUT2D eigenvalue weighted by Gasteiger charge is -2.13. The quantitative estimate of drug-likeness (QED) is 0.862. The minimum absolute atomic E-state index is 0.302. The Labute approximate surface area is 123 Å². The summed E-state index contributed by atoms with van der Waals surface area (Å²) in [6.45, 7) is 1.97. The monoisotopic (exact) mass is 311 g/mol. The van der Waals surface area contributed by atoms with Crippen LogP contribution in [0.3, 0.4) is 0 Å². The standard InChI is InChI=1S/C13H17N3O2S2/c1-15-7-6-9(8-15)16-10-4-3-5-11(20(2,17)18)12(10)14-13(16)19/h3-5,9H,6-8H2,1-2H3,(H,14,19). The van der Waals surface area contributed by atoms with E-state index in [1.807, 2.05) is 6.07 Å². The van der Waals surface area contributed by atoms with Crippen molar-refractivity contribution >= 4 is 33.1 Å². The minimum Gasteiger partial charge on any atom is -0.329 e. The van der Waals surface area contributed by atoms with Gasteiger partial charge in [-0.25, -0.2) is 8.42 Å². The van der Waals surface area contributed by atoms with Crippen LogP contribution in [0.25, 0.3) is 11.0 Å². The number of imidazole rings is 1. The van der Waals surface area contributed by atoms with Gasteiger partial charge in [-0.1, -0.05) is 6.07 Å². The Bertz CT molecular complexity index is 820. The van der Waals surface area contributed by atoms with Crippen LogP contribution >= 0.6 is 12.2 Å². The number of likely N-dealkylation sites (N-methyl/N-ethyl adjacent to an activating group) is 1. The van der Waals surface area contributed by atoms with Crippen LogP contribution in [0.2, 0.25) is 0 Å². The third-order valence-electron chi connectivity index (χ3n) is 3.85. The maximum atomic E-state index is 11.9. The molecule has 1 aliphatic rings. The van der Waals surface area contributed by atoms with Crippen LogP contribution in [-0.4, -0.2) is 49.3 Å². The Hall–Kier alpha value is -1.18. The molecule has 0 bridgehead atoms. The number of rotatable bonds is 2. The molecule has 1 unspecified atom stereocenters. The van der Waals surface area contributed by atoms with Gasteiger partial charge in [0.15, 0.2) is 14.6 Å². The molecule has 7 heteroatoms. The van der Waals surface area contributed by atoms with Gasteiger partial charge in [-0.3, -0.25) is 0 Å². The number of H-pyrrole nitrogens is 1. The summed E-state index contributed by atoms with van der Waals surface area (Å²) in [6.07, 6.45) is 2.25. The molecule has 0 aliphatic carbocycles. The van der Waals surface area contributed by atoms with E-state index in [1.165, 1.54) is 6.26 Å². The lowest BCUT2D eigenvalue weighted by Crippen LogP contribution is -2.16. The van der Waals surface area contributed by atoms with E-state index in [0.29, 0.717) is 21.2 Å². The van der Waals surface area contributed by atoms with Gasteiger partial charge >= 0.3 is 0 Å². The zero-order chi connectivity index (χ0) is 14.5. The number of hydrogen-bond donors (Lipinski definition) is 1. The molecule has 0 saturated carbocycles. The number of aromatic nitrogens is 2. The summed E-state index contributed by atoms with van der Waals surface area (Å²) in [4.78, 5) is 5.64. The zero-order valence-corrected chi connectivity index (χ0v) is 13.1. The first-order valence-corrected chi connectivity index (χ1v) is 8.80. The van der Waals surface area contributed by atoms with Crippen LogP contribution in [-0.2, 0) is 9.84 Å². The zero-order valence-electron chi connectivity index (χ0n) is 11.5. The predicted molar refractivity (Wildman–Crippen MR) is 81.4 cm³/mol. The fourth-order valence-corrected chi connectivity index (χ4v) is 4.12. The van der Waals surface area contributed by atoms with E-state index in [1.54, 1.807) is 12.1 Å². The molecule has 20 heavy (non-hydrogen) atoms. The van der Waals surface area contributed by atoms with E-state index < -0.39 is 9.84 Å². The number of hydrogen-bond acceptors (Lipinski definition) is 4. The summed E-state index contributed by atoms with van der Waals surface area (Å²) in [5.41, 5.74) is 1.49. The molecule has 1 aromatic carbocycles.